The van der Waals surface area contributed by atoms with Gasteiger partial charge in [0, 0.05) is 13.1 Å². The first-order chi connectivity index (χ1) is 13.3. The van der Waals surface area contributed by atoms with E-state index < -0.39 is 5.97 Å². The van der Waals surface area contributed by atoms with Crippen molar-refractivity contribution in [1.29, 1.82) is 0 Å². The van der Waals surface area contributed by atoms with E-state index in [0.29, 0.717) is 29.6 Å². The van der Waals surface area contributed by atoms with Crippen LogP contribution in [0.25, 0.3) is 0 Å². The van der Waals surface area contributed by atoms with Gasteiger partial charge in [-0.1, -0.05) is 44.2 Å². The second-order valence-electron chi connectivity index (χ2n) is 8.01. The number of hydrogen-bond acceptors (Lipinski definition) is 4. The quantitative estimate of drug-likeness (QED) is 0.744. The standard InChI is InChI=1S/C22H29N3O3/c1-15-10-16(2)12-24(11-15)20(26)14-28-22(27)21-17(3)23-25(18(21)4)13-19-8-6-5-7-9-19/h5-9,15-16H,10-14H2,1-4H3/t15-,16-/m0/s1. The third kappa shape index (κ3) is 4.61. The van der Waals surface area contributed by atoms with Crippen molar-refractivity contribution >= 4 is 11.9 Å². The number of likely N-dealkylation sites (tertiary alicyclic amines) is 1. The summed E-state index contributed by atoms with van der Waals surface area (Å²) in [5.41, 5.74) is 2.92. The van der Waals surface area contributed by atoms with E-state index in [1.165, 1.54) is 0 Å². The molecule has 2 aromatic rings. The molecule has 6 nitrogen and oxygen atoms in total. The monoisotopic (exact) mass is 383 g/mol. The van der Waals surface area contributed by atoms with Crippen molar-refractivity contribution in [1.82, 2.24) is 14.7 Å². The van der Waals surface area contributed by atoms with Crippen LogP contribution in [0.2, 0.25) is 0 Å². The molecule has 150 valence electrons. The van der Waals surface area contributed by atoms with Gasteiger partial charge in [0.2, 0.25) is 0 Å². The van der Waals surface area contributed by atoms with Crippen LogP contribution in [-0.4, -0.2) is 46.3 Å². The fourth-order valence-electron chi connectivity index (χ4n) is 4.06. The molecule has 0 spiro atoms. The Labute approximate surface area is 166 Å². The van der Waals surface area contributed by atoms with Crippen LogP contribution in [-0.2, 0) is 16.1 Å². The Morgan fingerprint density at radius 3 is 2.39 bits per heavy atom. The summed E-state index contributed by atoms with van der Waals surface area (Å²) in [5, 5.41) is 4.48. The molecular formula is C22H29N3O3. The fourth-order valence-corrected chi connectivity index (χ4v) is 4.06. The van der Waals surface area contributed by atoms with E-state index in [1.54, 1.807) is 11.6 Å². The molecule has 28 heavy (non-hydrogen) atoms. The van der Waals surface area contributed by atoms with Crippen LogP contribution in [0.1, 0.15) is 47.6 Å². The van der Waals surface area contributed by atoms with Gasteiger partial charge in [-0.25, -0.2) is 4.79 Å². The second kappa shape index (κ2) is 8.59. The molecule has 1 amide bonds. The lowest BCUT2D eigenvalue weighted by Crippen LogP contribution is -2.44. The number of amides is 1. The number of piperidine rings is 1. The lowest BCUT2D eigenvalue weighted by Gasteiger charge is -2.34. The smallest absolute Gasteiger partial charge is 0.342 e. The summed E-state index contributed by atoms with van der Waals surface area (Å²) in [6.45, 7) is 9.77. The molecule has 1 saturated heterocycles. The van der Waals surface area contributed by atoms with E-state index in [4.69, 9.17) is 4.74 Å². The first kappa shape index (κ1) is 20.1. The third-order valence-electron chi connectivity index (χ3n) is 5.31. The summed E-state index contributed by atoms with van der Waals surface area (Å²) in [5.74, 6) is 0.340. The zero-order valence-corrected chi connectivity index (χ0v) is 17.1. The Bertz CT molecular complexity index is 834. The van der Waals surface area contributed by atoms with Gasteiger partial charge < -0.3 is 9.64 Å². The predicted octanol–water partition coefficient (Wildman–Crippen LogP) is 3.21. The number of esters is 1. The number of hydrogen-bond donors (Lipinski definition) is 0. The van der Waals surface area contributed by atoms with Crippen molar-refractivity contribution in [3.05, 3.63) is 52.8 Å². The van der Waals surface area contributed by atoms with Crippen LogP contribution in [0.15, 0.2) is 30.3 Å². The Balaban J connectivity index is 1.63. The average Bonchev–Trinajstić information content (AvgIpc) is 2.93. The highest BCUT2D eigenvalue weighted by Gasteiger charge is 2.27. The summed E-state index contributed by atoms with van der Waals surface area (Å²) >= 11 is 0. The zero-order valence-electron chi connectivity index (χ0n) is 17.1. The van der Waals surface area contributed by atoms with E-state index >= 15 is 0 Å². The molecule has 0 bridgehead atoms. The molecule has 0 saturated carbocycles. The second-order valence-corrected chi connectivity index (χ2v) is 8.01. The van der Waals surface area contributed by atoms with Gasteiger partial charge in [0.05, 0.1) is 17.9 Å². The number of ether oxygens (including phenoxy) is 1. The van der Waals surface area contributed by atoms with Crippen LogP contribution in [0.5, 0.6) is 0 Å². The molecule has 2 heterocycles. The summed E-state index contributed by atoms with van der Waals surface area (Å²) in [6, 6.07) is 9.96. The van der Waals surface area contributed by atoms with Crippen molar-refractivity contribution in [2.45, 2.75) is 40.7 Å². The van der Waals surface area contributed by atoms with Gasteiger partial charge in [-0.15, -0.1) is 0 Å². The molecule has 1 aromatic carbocycles. The predicted molar refractivity (Wildman–Crippen MR) is 107 cm³/mol. The number of aromatic nitrogens is 2. The maximum atomic E-state index is 12.6. The van der Waals surface area contributed by atoms with Gasteiger partial charge in [-0.3, -0.25) is 9.48 Å². The van der Waals surface area contributed by atoms with Crippen molar-refractivity contribution in [2.24, 2.45) is 11.8 Å². The van der Waals surface area contributed by atoms with Gasteiger partial charge in [0.15, 0.2) is 6.61 Å². The van der Waals surface area contributed by atoms with Crippen LogP contribution < -0.4 is 0 Å². The lowest BCUT2D eigenvalue weighted by atomic mass is 9.92. The zero-order chi connectivity index (χ0) is 20.3. The molecule has 3 rings (SSSR count). The normalized spacial score (nSPS) is 19.5. The first-order valence-corrected chi connectivity index (χ1v) is 9.88. The average molecular weight is 383 g/mol. The molecule has 0 unspecified atom stereocenters. The largest absolute Gasteiger partial charge is 0.452 e. The number of aryl methyl sites for hydroxylation is 1. The number of nitrogens with zero attached hydrogens (tertiary/aromatic N) is 3. The maximum absolute atomic E-state index is 12.6. The van der Waals surface area contributed by atoms with Crippen LogP contribution in [0, 0.1) is 25.7 Å². The molecule has 0 aliphatic carbocycles. The topological polar surface area (TPSA) is 64.4 Å². The molecule has 0 N–H and O–H groups in total. The summed E-state index contributed by atoms with van der Waals surface area (Å²) in [7, 11) is 0. The molecule has 0 radical (unpaired) electrons. The summed E-state index contributed by atoms with van der Waals surface area (Å²) < 4.78 is 7.16. The van der Waals surface area contributed by atoms with E-state index in [1.807, 2.05) is 42.2 Å². The minimum absolute atomic E-state index is 0.126. The van der Waals surface area contributed by atoms with Gasteiger partial charge in [-0.2, -0.15) is 5.10 Å². The lowest BCUT2D eigenvalue weighted by molar-refractivity contribution is -0.137. The molecule has 1 fully saturated rings. The van der Waals surface area contributed by atoms with Gasteiger partial charge in [0.25, 0.3) is 5.91 Å². The minimum atomic E-state index is -0.485. The fraction of sp³-hybridized carbons (Fsp3) is 0.500. The highest BCUT2D eigenvalue weighted by atomic mass is 16.5. The highest BCUT2D eigenvalue weighted by molar-refractivity contribution is 5.93. The van der Waals surface area contributed by atoms with Crippen LogP contribution in [0.4, 0.5) is 0 Å². The van der Waals surface area contributed by atoms with Crippen LogP contribution in [0.3, 0.4) is 0 Å². The van der Waals surface area contributed by atoms with Crippen molar-refractivity contribution in [2.75, 3.05) is 19.7 Å². The van der Waals surface area contributed by atoms with Gasteiger partial charge in [0.1, 0.15) is 5.56 Å². The highest BCUT2D eigenvalue weighted by Crippen LogP contribution is 2.21. The van der Waals surface area contributed by atoms with Crippen molar-refractivity contribution in [3.8, 4) is 0 Å². The Morgan fingerprint density at radius 2 is 1.75 bits per heavy atom. The summed E-state index contributed by atoms with van der Waals surface area (Å²) in [6.07, 6.45) is 1.13. The Kier molecular flexibility index (Phi) is 6.17. The number of carbonyl (C=O) groups is 2. The third-order valence-corrected chi connectivity index (χ3v) is 5.31. The van der Waals surface area contributed by atoms with Gasteiger partial charge >= 0.3 is 5.97 Å². The maximum Gasteiger partial charge on any atom is 0.342 e. The number of carbonyl (C=O) groups excluding carboxylic acids is 2. The van der Waals surface area contributed by atoms with E-state index in [-0.39, 0.29) is 12.5 Å². The molecule has 2 atom stereocenters. The van der Waals surface area contributed by atoms with E-state index in [2.05, 4.69) is 18.9 Å². The Hall–Kier alpha value is -2.63. The van der Waals surface area contributed by atoms with E-state index in [9.17, 15) is 9.59 Å². The van der Waals surface area contributed by atoms with Crippen molar-refractivity contribution < 1.29 is 14.3 Å². The van der Waals surface area contributed by atoms with E-state index in [0.717, 1.165) is 30.8 Å². The SMILES string of the molecule is Cc1nn(Cc2ccccc2)c(C)c1C(=O)OCC(=O)N1C[C@@H](C)C[C@H](C)C1. The first-order valence-electron chi connectivity index (χ1n) is 9.88. The molecule has 6 heteroatoms. The Morgan fingerprint density at radius 1 is 1.11 bits per heavy atom. The molecular weight excluding hydrogens is 354 g/mol. The molecule has 1 aromatic heterocycles. The van der Waals surface area contributed by atoms with Gasteiger partial charge in [-0.05, 0) is 37.7 Å². The number of benzene rings is 1. The van der Waals surface area contributed by atoms with Crippen LogP contribution >= 0.6 is 0 Å². The van der Waals surface area contributed by atoms with Crippen molar-refractivity contribution in [3.63, 3.8) is 0 Å². The molecule has 1 aliphatic rings. The minimum Gasteiger partial charge on any atom is -0.452 e. The molecule has 1 aliphatic heterocycles. The number of rotatable bonds is 5. The summed E-state index contributed by atoms with van der Waals surface area (Å²) in [4.78, 5) is 26.9.